The first-order chi connectivity index (χ1) is 17.9. The third-order valence-electron chi connectivity index (χ3n) is 8.91. The molecular weight excluding hydrogens is 462 g/mol. The van der Waals surface area contributed by atoms with Crippen LogP contribution >= 0.6 is 0 Å². The van der Waals surface area contributed by atoms with Gasteiger partial charge in [-0.05, 0) is 72.8 Å². The number of hydrogen-bond donors (Lipinski definition) is 2. The number of fused-ring (bicyclic) bond motifs is 2. The van der Waals surface area contributed by atoms with Gasteiger partial charge in [-0.2, -0.15) is 5.10 Å². The van der Waals surface area contributed by atoms with Crippen LogP contribution in [-0.2, 0) is 17.7 Å². The monoisotopic (exact) mass is 499 g/mol. The quantitative estimate of drug-likeness (QED) is 0.509. The van der Waals surface area contributed by atoms with Gasteiger partial charge < -0.3 is 20.7 Å². The predicted molar refractivity (Wildman–Crippen MR) is 144 cm³/mol. The molecule has 8 nitrogen and oxygen atoms in total. The van der Waals surface area contributed by atoms with Gasteiger partial charge in [0.1, 0.15) is 17.7 Å². The number of aryl methyl sites for hydroxylation is 1. The van der Waals surface area contributed by atoms with Crippen LogP contribution in [0.2, 0.25) is 0 Å². The smallest absolute Gasteiger partial charge is 0.128 e. The SMILES string of the molecule is Cc1nc(N2CC3CC3C2)ccc1Cn1cc(C2OCC2N[C@@H]2CCc3c2ccnc3N)c(C(C)C)n1. The second-order valence-electron chi connectivity index (χ2n) is 11.8. The summed E-state index contributed by atoms with van der Waals surface area (Å²) in [5.74, 6) is 3.93. The molecule has 4 unspecified atom stereocenters. The third-order valence-corrected chi connectivity index (χ3v) is 8.91. The Hall–Kier alpha value is -2.97. The summed E-state index contributed by atoms with van der Waals surface area (Å²) in [7, 11) is 0. The van der Waals surface area contributed by atoms with Crippen molar-refractivity contribution in [2.45, 2.75) is 70.7 Å². The van der Waals surface area contributed by atoms with Gasteiger partial charge in [-0.3, -0.25) is 4.68 Å². The molecule has 8 heteroatoms. The molecule has 7 rings (SSSR count). The number of anilines is 2. The van der Waals surface area contributed by atoms with Gasteiger partial charge in [-0.1, -0.05) is 19.9 Å². The molecule has 0 amide bonds. The van der Waals surface area contributed by atoms with Gasteiger partial charge >= 0.3 is 0 Å². The van der Waals surface area contributed by atoms with E-state index in [1.807, 2.05) is 6.20 Å². The van der Waals surface area contributed by atoms with Crippen molar-refractivity contribution in [1.29, 1.82) is 0 Å². The maximum Gasteiger partial charge on any atom is 0.128 e. The van der Waals surface area contributed by atoms with E-state index in [-0.39, 0.29) is 12.1 Å². The molecule has 0 aromatic carbocycles. The van der Waals surface area contributed by atoms with Crippen molar-refractivity contribution in [3.05, 3.63) is 64.2 Å². The summed E-state index contributed by atoms with van der Waals surface area (Å²) in [5, 5.41) is 8.88. The van der Waals surface area contributed by atoms with Crippen LogP contribution in [0.5, 0.6) is 0 Å². The lowest BCUT2D eigenvalue weighted by Crippen LogP contribution is -2.49. The number of nitrogens with two attached hydrogens (primary N) is 1. The van der Waals surface area contributed by atoms with E-state index >= 15 is 0 Å². The molecule has 5 heterocycles. The fourth-order valence-electron chi connectivity index (χ4n) is 6.61. The Morgan fingerprint density at radius 1 is 1.16 bits per heavy atom. The highest BCUT2D eigenvalue weighted by Crippen LogP contribution is 2.46. The summed E-state index contributed by atoms with van der Waals surface area (Å²) in [6, 6.07) is 7.09. The summed E-state index contributed by atoms with van der Waals surface area (Å²) in [6.07, 6.45) is 7.46. The highest BCUT2D eigenvalue weighted by atomic mass is 16.5. The fourth-order valence-corrected chi connectivity index (χ4v) is 6.61. The van der Waals surface area contributed by atoms with E-state index in [4.69, 9.17) is 20.6 Å². The number of pyridine rings is 2. The largest absolute Gasteiger partial charge is 0.383 e. The Labute approximate surface area is 218 Å². The maximum absolute atomic E-state index is 6.14. The number of nitrogens with one attached hydrogen (secondary N) is 1. The van der Waals surface area contributed by atoms with Crippen LogP contribution in [-0.4, -0.2) is 45.5 Å². The van der Waals surface area contributed by atoms with E-state index in [2.05, 4.69) is 65.0 Å². The second-order valence-corrected chi connectivity index (χ2v) is 11.8. The van der Waals surface area contributed by atoms with Crippen LogP contribution in [0.4, 0.5) is 11.6 Å². The molecule has 2 aliphatic carbocycles. The summed E-state index contributed by atoms with van der Waals surface area (Å²) in [5.41, 5.74) is 13.2. The van der Waals surface area contributed by atoms with Crippen molar-refractivity contribution >= 4 is 11.6 Å². The lowest BCUT2D eigenvalue weighted by Gasteiger charge is -2.39. The van der Waals surface area contributed by atoms with Gasteiger partial charge in [-0.25, -0.2) is 9.97 Å². The lowest BCUT2D eigenvalue weighted by atomic mass is 9.93. The van der Waals surface area contributed by atoms with Crippen molar-refractivity contribution < 1.29 is 4.74 Å². The summed E-state index contributed by atoms with van der Waals surface area (Å²) >= 11 is 0. The van der Waals surface area contributed by atoms with Crippen molar-refractivity contribution in [2.75, 3.05) is 30.3 Å². The maximum atomic E-state index is 6.14. The third kappa shape index (κ3) is 4.10. The fraction of sp³-hybridized carbons (Fsp3) is 0.552. The Morgan fingerprint density at radius 2 is 2.00 bits per heavy atom. The van der Waals surface area contributed by atoms with Crippen molar-refractivity contribution in [1.82, 2.24) is 25.1 Å². The average Bonchev–Trinajstić information content (AvgIpc) is 3.19. The van der Waals surface area contributed by atoms with E-state index in [0.29, 0.717) is 24.4 Å². The van der Waals surface area contributed by atoms with Crippen LogP contribution in [0.15, 0.2) is 30.6 Å². The first-order valence-electron chi connectivity index (χ1n) is 13.8. The Kier molecular flexibility index (Phi) is 5.51. The molecule has 3 aromatic rings. The Morgan fingerprint density at radius 3 is 2.73 bits per heavy atom. The summed E-state index contributed by atoms with van der Waals surface area (Å²) < 4.78 is 8.22. The molecule has 37 heavy (non-hydrogen) atoms. The topological polar surface area (TPSA) is 94.1 Å². The summed E-state index contributed by atoms with van der Waals surface area (Å²) in [6.45, 7) is 10.3. The second kappa shape index (κ2) is 8.81. The number of hydrogen-bond acceptors (Lipinski definition) is 7. The minimum atomic E-state index is 0.0117. The Balaban J connectivity index is 1.08. The minimum absolute atomic E-state index is 0.0117. The molecule has 0 spiro atoms. The highest BCUT2D eigenvalue weighted by Gasteiger charge is 2.45. The highest BCUT2D eigenvalue weighted by molar-refractivity contribution is 5.48. The van der Waals surface area contributed by atoms with Gasteiger partial charge in [0, 0.05) is 42.8 Å². The van der Waals surface area contributed by atoms with Crippen LogP contribution in [0.25, 0.3) is 0 Å². The van der Waals surface area contributed by atoms with Crippen molar-refractivity contribution in [2.24, 2.45) is 11.8 Å². The Bertz CT molecular complexity index is 1320. The number of nitrogens with zero attached hydrogens (tertiary/aromatic N) is 5. The zero-order valence-corrected chi connectivity index (χ0v) is 22.0. The first-order valence-corrected chi connectivity index (χ1v) is 13.8. The van der Waals surface area contributed by atoms with E-state index in [0.717, 1.165) is 48.4 Å². The normalized spacial score (nSPS) is 27.9. The van der Waals surface area contributed by atoms with E-state index in [9.17, 15) is 0 Å². The van der Waals surface area contributed by atoms with Gasteiger partial charge in [0.2, 0.25) is 0 Å². The molecule has 3 N–H and O–H groups in total. The molecule has 5 atom stereocenters. The molecule has 2 aliphatic heterocycles. The molecule has 3 aromatic heterocycles. The lowest BCUT2D eigenvalue weighted by molar-refractivity contribution is -0.0941. The number of ether oxygens (including phenoxy) is 1. The zero-order valence-electron chi connectivity index (χ0n) is 22.0. The molecule has 3 fully saturated rings. The molecule has 0 bridgehead atoms. The standard InChI is InChI=1S/C29H37N7O/c1-16(2)27-23(28-25(15-37-28)33-24-6-5-22-21(24)8-9-31-29(22)30)14-36(34-27)13-18-4-7-26(32-17(18)3)35-11-19-10-20(19)12-35/h4,7-9,14,16,19-20,24-25,28,33H,5-6,10-13,15H2,1-3H3,(H2,30,31)/t19?,20?,24-,25?,28?/m1/s1. The van der Waals surface area contributed by atoms with E-state index in [1.165, 1.54) is 41.8 Å². The van der Waals surface area contributed by atoms with Crippen LogP contribution < -0.4 is 16.0 Å². The predicted octanol–water partition coefficient (Wildman–Crippen LogP) is 3.91. The van der Waals surface area contributed by atoms with E-state index < -0.39 is 0 Å². The number of rotatable bonds is 7. The minimum Gasteiger partial charge on any atom is -0.383 e. The van der Waals surface area contributed by atoms with Gasteiger partial charge in [-0.15, -0.1) is 0 Å². The molecule has 2 saturated heterocycles. The van der Waals surface area contributed by atoms with Crippen molar-refractivity contribution in [3.63, 3.8) is 0 Å². The molecular formula is C29H37N7O. The molecule has 0 radical (unpaired) electrons. The van der Waals surface area contributed by atoms with Crippen LogP contribution in [0, 0.1) is 18.8 Å². The molecule has 1 saturated carbocycles. The van der Waals surface area contributed by atoms with Gasteiger partial charge in [0.05, 0.1) is 24.9 Å². The molecule has 4 aliphatic rings. The summed E-state index contributed by atoms with van der Waals surface area (Å²) in [4.78, 5) is 11.7. The van der Waals surface area contributed by atoms with Gasteiger partial charge in [0.25, 0.3) is 0 Å². The number of nitrogen functional groups attached to an aromatic ring is 1. The average molecular weight is 500 g/mol. The first kappa shape index (κ1) is 23.2. The van der Waals surface area contributed by atoms with Gasteiger partial charge in [0.15, 0.2) is 0 Å². The zero-order chi connectivity index (χ0) is 25.3. The van der Waals surface area contributed by atoms with Crippen LogP contribution in [0.3, 0.4) is 0 Å². The molecule has 194 valence electrons. The van der Waals surface area contributed by atoms with Crippen LogP contribution in [0.1, 0.15) is 78.4 Å². The number of aromatic nitrogens is 4. The van der Waals surface area contributed by atoms with E-state index in [1.54, 1.807) is 0 Å². The number of piperidine rings is 1. The van der Waals surface area contributed by atoms with Crippen molar-refractivity contribution in [3.8, 4) is 0 Å².